The number of thiophene rings is 1. The molecule has 3 unspecified atom stereocenters. The van der Waals surface area contributed by atoms with E-state index in [0.29, 0.717) is 6.54 Å². The topological polar surface area (TPSA) is 65.8 Å². The summed E-state index contributed by atoms with van der Waals surface area (Å²) in [7, 11) is 3.90. The Morgan fingerprint density at radius 3 is 2.61 bits per heavy atom. The molecule has 0 radical (unpaired) electrons. The number of rotatable bonds is 7. The van der Waals surface area contributed by atoms with E-state index >= 15 is 0 Å². The van der Waals surface area contributed by atoms with Crippen LogP contribution in [0.1, 0.15) is 34.7 Å². The highest BCUT2D eigenvalue weighted by molar-refractivity contribution is 7.10. The first-order valence-corrected chi connectivity index (χ1v) is 11.2. The Morgan fingerprint density at radius 2 is 2.00 bits per heavy atom. The maximum atomic E-state index is 13.3. The molecule has 162 valence electrons. The van der Waals surface area contributed by atoms with Crippen molar-refractivity contribution in [3.63, 3.8) is 0 Å². The summed E-state index contributed by atoms with van der Waals surface area (Å²) in [6.45, 7) is 2.43. The lowest BCUT2D eigenvalue weighted by Crippen LogP contribution is -2.39. The number of aryl methyl sites for hydroxylation is 1. The molecule has 1 aliphatic rings. The van der Waals surface area contributed by atoms with Gasteiger partial charge in [-0.25, -0.2) is 0 Å². The Hall–Kier alpha value is -2.90. The van der Waals surface area contributed by atoms with Crippen LogP contribution in [-0.2, 0) is 9.59 Å². The van der Waals surface area contributed by atoms with E-state index in [1.54, 1.807) is 22.5 Å². The Labute approximate surface area is 186 Å². The molecule has 2 amide bonds. The minimum atomic E-state index is -0.452. The number of hydrogen-bond acceptors (Lipinski definition) is 5. The lowest BCUT2D eigenvalue weighted by Gasteiger charge is -2.28. The Bertz CT molecular complexity index is 1010. The summed E-state index contributed by atoms with van der Waals surface area (Å²) >= 11 is 1.58. The van der Waals surface area contributed by atoms with E-state index in [2.05, 4.69) is 5.32 Å². The number of nitrogens with one attached hydrogen (secondary N) is 1. The summed E-state index contributed by atoms with van der Waals surface area (Å²) in [6.07, 6.45) is 1.82. The van der Waals surface area contributed by atoms with Crippen molar-refractivity contribution in [3.8, 4) is 0 Å². The van der Waals surface area contributed by atoms with Gasteiger partial charge in [-0.05, 0) is 56.7 Å². The minimum Gasteiger partial charge on any atom is -0.468 e. The molecule has 4 rings (SSSR count). The summed E-state index contributed by atoms with van der Waals surface area (Å²) in [5.74, 6) is 0.202. The quantitative estimate of drug-likeness (QED) is 0.603. The molecule has 1 fully saturated rings. The highest BCUT2D eigenvalue weighted by atomic mass is 32.1. The molecular formula is C24H27N3O3S. The maximum Gasteiger partial charge on any atom is 0.228 e. The third-order valence-electron chi connectivity index (χ3n) is 5.77. The van der Waals surface area contributed by atoms with Gasteiger partial charge < -0.3 is 14.6 Å². The Kier molecular flexibility index (Phi) is 6.25. The van der Waals surface area contributed by atoms with Crippen molar-refractivity contribution < 1.29 is 14.0 Å². The van der Waals surface area contributed by atoms with Gasteiger partial charge in [-0.2, -0.15) is 0 Å². The van der Waals surface area contributed by atoms with Crippen LogP contribution < -0.4 is 10.2 Å². The van der Waals surface area contributed by atoms with Crippen molar-refractivity contribution in [1.82, 2.24) is 10.2 Å². The smallest absolute Gasteiger partial charge is 0.228 e. The van der Waals surface area contributed by atoms with Gasteiger partial charge in [-0.1, -0.05) is 23.8 Å². The molecule has 2 aromatic heterocycles. The van der Waals surface area contributed by atoms with Gasteiger partial charge in [0.15, 0.2) is 0 Å². The number of amides is 2. The highest BCUT2D eigenvalue weighted by Gasteiger charge is 2.45. The van der Waals surface area contributed by atoms with Gasteiger partial charge in [0, 0.05) is 23.5 Å². The number of anilines is 1. The molecule has 6 nitrogen and oxygen atoms in total. The van der Waals surface area contributed by atoms with Crippen LogP contribution in [0, 0.1) is 12.8 Å². The van der Waals surface area contributed by atoms with Gasteiger partial charge >= 0.3 is 0 Å². The second-order valence-electron chi connectivity index (χ2n) is 8.11. The molecular weight excluding hydrogens is 410 g/mol. The van der Waals surface area contributed by atoms with E-state index in [1.807, 2.05) is 79.8 Å². The van der Waals surface area contributed by atoms with Gasteiger partial charge in [0.1, 0.15) is 5.76 Å². The van der Waals surface area contributed by atoms with Crippen molar-refractivity contribution in [2.24, 2.45) is 5.92 Å². The number of benzene rings is 1. The molecule has 0 saturated carbocycles. The highest BCUT2D eigenvalue weighted by Crippen LogP contribution is 2.43. The first-order chi connectivity index (χ1) is 15.0. The number of furan rings is 1. The predicted octanol–water partition coefficient (Wildman–Crippen LogP) is 4.16. The lowest BCUT2D eigenvalue weighted by molar-refractivity contribution is -0.127. The van der Waals surface area contributed by atoms with E-state index in [0.717, 1.165) is 21.9 Å². The average Bonchev–Trinajstić information content (AvgIpc) is 3.49. The third-order valence-corrected chi connectivity index (χ3v) is 6.71. The largest absolute Gasteiger partial charge is 0.468 e. The van der Waals surface area contributed by atoms with E-state index in [4.69, 9.17) is 4.42 Å². The van der Waals surface area contributed by atoms with Crippen LogP contribution in [-0.4, -0.2) is 37.4 Å². The molecule has 1 aromatic carbocycles. The number of carbonyl (C=O) groups is 2. The van der Waals surface area contributed by atoms with E-state index in [9.17, 15) is 9.59 Å². The molecule has 3 atom stereocenters. The zero-order chi connectivity index (χ0) is 22.0. The van der Waals surface area contributed by atoms with Crippen molar-refractivity contribution in [2.45, 2.75) is 25.4 Å². The average molecular weight is 438 g/mol. The summed E-state index contributed by atoms with van der Waals surface area (Å²) < 4.78 is 5.54. The first-order valence-electron chi connectivity index (χ1n) is 10.4. The maximum absolute atomic E-state index is 13.3. The first kappa shape index (κ1) is 21.3. The Morgan fingerprint density at radius 1 is 1.23 bits per heavy atom. The standard InChI is InChI=1S/C24H27N3O3S/c1-16-8-10-17(11-9-16)27-22(28)14-18(23(27)21-7-5-13-31-21)24(29)25-15-19(26(2)3)20-6-4-12-30-20/h4-13,18-19,23H,14-15H2,1-3H3,(H,25,29). The fourth-order valence-corrected chi connectivity index (χ4v) is 4.99. The SMILES string of the molecule is Cc1ccc(N2C(=O)CC(C(=O)NCC(c3ccco3)N(C)C)C2c2cccs2)cc1. The molecule has 3 aromatic rings. The number of nitrogens with zero attached hydrogens (tertiary/aromatic N) is 2. The predicted molar refractivity (Wildman–Crippen MR) is 122 cm³/mol. The zero-order valence-corrected chi connectivity index (χ0v) is 18.8. The molecule has 0 spiro atoms. The van der Waals surface area contributed by atoms with Crippen molar-refractivity contribution in [3.05, 3.63) is 76.4 Å². The van der Waals surface area contributed by atoms with Crippen LogP contribution in [0.3, 0.4) is 0 Å². The van der Waals surface area contributed by atoms with Crippen LogP contribution in [0.15, 0.2) is 64.6 Å². The third kappa shape index (κ3) is 4.43. The number of carbonyl (C=O) groups excluding carboxylic acids is 2. The molecule has 1 aliphatic heterocycles. The molecule has 7 heteroatoms. The molecule has 31 heavy (non-hydrogen) atoms. The van der Waals surface area contributed by atoms with Crippen LogP contribution in [0.5, 0.6) is 0 Å². The van der Waals surface area contributed by atoms with Gasteiger partial charge in [0.25, 0.3) is 0 Å². The van der Waals surface area contributed by atoms with Crippen LogP contribution in [0.4, 0.5) is 5.69 Å². The summed E-state index contributed by atoms with van der Waals surface area (Å²) in [4.78, 5) is 31.1. The van der Waals surface area contributed by atoms with Gasteiger partial charge in [-0.3, -0.25) is 14.5 Å². The van der Waals surface area contributed by atoms with E-state index in [-0.39, 0.29) is 30.3 Å². The zero-order valence-electron chi connectivity index (χ0n) is 17.9. The second kappa shape index (κ2) is 9.08. The molecule has 3 heterocycles. The number of likely N-dealkylation sites (N-methyl/N-ethyl adjacent to an activating group) is 1. The molecule has 0 aliphatic carbocycles. The van der Waals surface area contributed by atoms with Crippen LogP contribution in [0.25, 0.3) is 0 Å². The number of hydrogen-bond donors (Lipinski definition) is 1. The Balaban J connectivity index is 1.57. The summed E-state index contributed by atoms with van der Waals surface area (Å²) in [5.41, 5.74) is 1.95. The van der Waals surface area contributed by atoms with Crippen LogP contribution in [0.2, 0.25) is 0 Å². The fraction of sp³-hybridized carbons (Fsp3) is 0.333. The lowest BCUT2D eigenvalue weighted by atomic mass is 9.97. The second-order valence-corrected chi connectivity index (χ2v) is 9.09. The minimum absolute atomic E-state index is 0.0300. The van der Waals surface area contributed by atoms with Gasteiger partial charge in [0.2, 0.25) is 11.8 Å². The molecule has 1 saturated heterocycles. The van der Waals surface area contributed by atoms with Crippen molar-refractivity contribution in [1.29, 1.82) is 0 Å². The monoisotopic (exact) mass is 437 g/mol. The van der Waals surface area contributed by atoms with Gasteiger partial charge in [-0.15, -0.1) is 11.3 Å². The van der Waals surface area contributed by atoms with Crippen LogP contribution >= 0.6 is 11.3 Å². The molecule has 1 N–H and O–H groups in total. The van der Waals surface area contributed by atoms with Crippen molar-refractivity contribution in [2.75, 3.05) is 25.5 Å². The fourth-order valence-electron chi connectivity index (χ4n) is 4.11. The van der Waals surface area contributed by atoms with E-state index in [1.165, 1.54) is 0 Å². The normalized spacial score (nSPS) is 19.7. The summed E-state index contributed by atoms with van der Waals surface area (Å²) in [5, 5.41) is 5.06. The van der Waals surface area contributed by atoms with E-state index < -0.39 is 5.92 Å². The molecule has 0 bridgehead atoms. The summed E-state index contributed by atoms with van der Waals surface area (Å²) in [6, 6.07) is 15.2. The van der Waals surface area contributed by atoms with Crippen molar-refractivity contribution >= 4 is 28.8 Å². The van der Waals surface area contributed by atoms with Gasteiger partial charge in [0.05, 0.1) is 24.3 Å².